The minimum absolute atomic E-state index is 0.0642. The first-order chi connectivity index (χ1) is 9.97. The molecular weight excluding hydrogens is 282 g/mol. The van der Waals surface area contributed by atoms with E-state index in [1.54, 1.807) is 10.9 Å². The van der Waals surface area contributed by atoms with Crippen molar-refractivity contribution in [2.24, 2.45) is 7.05 Å². The highest BCUT2D eigenvalue weighted by Gasteiger charge is 2.18. The van der Waals surface area contributed by atoms with Gasteiger partial charge in [-0.1, -0.05) is 0 Å². The van der Waals surface area contributed by atoms with Crippen LogP contribution in [0.3, 0.4) is 0 Å². The molecule has 1 heterocycles. The number of nitrogens with zero attached hydrogens (tertiary/aromatic N) is 3. The summed E-state index contributed by atoms with van der Waals surface area (Å²) in [5, 5.41) is 17.6. The van der Waals surface area contributed by atoms with Gasteiger partial charge in [-0.15, -0.1) is 0 Å². The third-order valence-corrected chi connectivity index (χ3v) is 2.98. The highest BCUT2D eigenvalue weighted by Crippen LogP contribution is 2.21. The molecule has 0 fully saturated rings. The first kappa shape index (κ1) is 15.0. The summed E-state index contributed by atoms with van der Waals surface area (Å²) in [7, 11) is 1.81. The van der Waals surface area contributed by atoms with Crippen LogP contribution < -0.4 is 5.32 Å². The molecule has 0 aliphatic heterocycles. The van der Waals surface area contributed by atoms with Gasteiger partial charge in [-0.2, -0.15) is 9.49 Å². The molecule has 112 valence electrons. The van der Waals surface area contributed by atoms with Crippen LogP contribution in [-0.2, 0) is 20.0 Å². The van der Waals surface area contributed by atoms with Crippen LogP contribution in [0.1, 0.15) is 11.1 Å². The first-order valence-electron chi connectivity index (χ1n) is 6.28. The van der Waals surface area contributed by atoms with Gasteiger partial charge in [0, 0.05) is 37.5 Å². The average molecular weight is 296 g/mol. The number of benzene rings is 1. The van der Waals surface area contributed by atoms with Crippen molar-refractivity contribution in [2.75, 3.05) is 6.54 Å². The van der Waals surface area contributed by atoms with Crippen LogP contribution in [0.2, 0.25) is 0 Å². The van der Waals surface area contributed by atoms with Gasteiger partial charge in [0.25, 0.3) is 0 Å². The normalized spacial score (nSPS) is 10.8. The second-order valence-electron chi connectivity index (χ2n) is 4.60. The zero-order valence-corrected chi connectivity index (χ0v) is 11.3. The largest absolute Gasteiger partial charge is 0.312 e. The molecule has 1 aromatic heterocycles. The Hall–Kier alpha value is -2.35. The average Bonchev–Trinajstić information content (AvgIpc) is 2.82. The molecule has 2 aromatic rings. The van der Waals surface area contributed by atoms with Crippen molar-refractivity contribution in [1.29, 1.82) is 0 Å². The Labute approximate surface area is 119 Å². The zero-order chi connectivity index (χ0) is 15.4. The number of aryl methyl sites for hydroxylation is 1. The van der Waals surface area contributed by atoms with Gasteiger partial charge in [-0.3, -0.25) is 14.8 Å². The summed E-state index contributed by atoms with van der Waals surface area (Å²) in [6, 6.07) is 1.46. The number of nitrogens with one attached hydrogen (secondary N) is 1. The molecule has 21 heavy (non-hydrogen) atoms. The molecule has 6 nitrogen and oxygen atoms in total. The molecule has 1 N–H and O–H groups in total. The molecule has 0 saturated heterocycles. The number of hydrogen-bond donors (Lipinski definition) is 1. The smallest absolute Gasteiger partial charge is 0.305 e. The minimum Gasteiger partial charge on any atom is -0.312 e. The van der Waals surface area contributed by atoms with Crippen molar-refractivity contribution in [1.82, 2.24) is 15.1 Å². The Bertz CT molecular complexity index is 658. The summed E-state index contributed by atoms with van der Waals surface area (Å²) in [5.74, 6) is -1.97. The second-order valence-corrected chi connectivity index (χ2v) is 4.60. The van der Waals surface area contributed by atoms with Crippen LogP contribution in [0.25, 0.3) is 0 Å². The predicted molar refractivity (Wildman–Crippen MR) is 71.6 cm³/mol. The maximum atomic E-state index is 13.5. The summed E-state index contributed by atoms with van der Waals surface area (Å²) in [4.78, 5) is 9.75. The highest BCUT2D eigenvalue weighted by atomic mass is 19.1. The van der Waals surface area contributed by atoms with E-state index in [4.69, 9.17) is 0 Å². The number of nitro groups is 1. The Morgan fingerprint density at radius 2 is 2.14 bits per heavy atom. The summed E-state index contributed by atoms with van der Waals surface area (Å²) in [6.45, 7) is 0.642. The lowest BCUT2D eigenvalue weighted by molar-refractivity contribution is -0.387. The summed E-state index contributed by atoms with van der Waals surface area (Å²) >= 11 is 0. The lowest BCUT2D eigenvalue weighted by atomic mass is 10.1. The van der Waals surface area contributed by atoms with Crippen molar-refractivity contribution in [3.63, 3.8) is 0 Å². The fourth-order valence-corrected chi connectivity index (χ4v) is 1.91. The number of nitro benzene ring substituents is 1. The van der Waals surface area contributed by atoms with Crippen LogP contribution in [0, 0.1) is 21.7 Å². The number of aromatic nitrogens is 2. The molecule has 0 aliphatic carbocycles. The fraction of sp³-hybridized carbons (Fsp3) is 0.308. The molecule has 0 spiro atoms. The van der Waals surface area contributed by atoms with Gasteiger partial charge >= 0.3 is 5.69 Å². The quantitative estimate of drug-likeness (QED) is 0.502. The lowest BCUT2D eigenvalue weighted by Crippen LogP contribution is -2.17. The molecule has 8 heteroatoms. The van der Waals surface area contributed by atoms with E-state index in [-0.39, 0.29) is 12.1 Å². The maximum Gasteiger partial charge on any atom is 0.305 e. The standard InChI is InChI=1S/C13H14F2N4O2/c1-18-8-9(6-17-18)2-3-16-7-10-4-13(19(20)21)12(15)5-11(10)14/h4-6,8,16H,2-3,7H2,1H3. The minimum atomic E-state index is -1.17. The third-order valence-electron chi connectivity index (χ3n) is 2.98. The predicted octanol–water partition coefficient (Wildman–Crippen LogP) is 1.94. The van der Waals surface area contributed by atoms with Crippen molar-refractivity contribution in [3.8, 4) is 0 Å². The number of hydrogen-bond acceptors (Lipinski definition) is 4. The maximum absolute atomic E-state index is 13.5. The van der Waals surface area contributed by atoms with Crippen LogP contribution >= 0.6 is 0 Å². The van der Waals surface area contributed by atoms with E-state index in [1.165, 1.54) is 0 Å². The molecule has 0 atom stereocenters. The van der Waals surface area contributed by atoms with E-state index in [2.05, 4.69) is 10.4 Å². The SMILES string of the molecule is Cn1cc(CCNCc2cc([N+](=O)[O-])c(F)cc2F)cn1. The molecule has 0 radical (unpaired) electrons. The van der Waals surface area contributed by atoms with E-state index in [1.807, 2.05) is 13.2 Å². The second kappa shape index (κ2) is 6.40. The molecule has 2 rings (SSSR count). The third kappa shape index (κ3) is 3.82. The van der Waals surface area contributed by atoms with E-state index >= 15 is 0 Å². The van der Waals surface area contributed by atoms with Crippen molar-refractivity contribution in [2.45, 2.75) is 13.0 Å². The fourth-order valence-electron chi connectivity index (χ4n) is 1.91. The molecular formula is C13H14F2N4O2. The van der Waals surface area contributed by atoms with E-state index < -0.39 is 22.2 Å². The molecule has 0 unspecified atom stereocenters. The zero-order valence-electron chi connectivity index (χ0n) is 11.3. The van der Waals surface area contributed by atoms with E-state index in [0.29, 0.717) is 19.0 Å². The van der Waals surface area contributed by atoms with Crippen molar-refractivity contribution in [3.05, 3.63) is 57.4 Å². The van der Waals surface area contributed by atoms with Gasteiger partial charge in [-0.05, 0) is 18.5 Å². The molecule has 0 bridgehead atoms. The molecule has 0 aliphatic rings. The molecule has 0 saturated carbocycles. The van der Waals surface area contributed by atoms with Gasteiger partial charge in [0.15, 0.2) is 0 Å². The Morgan fingerprint density at radius 1 is 1.38 bits per heavy atom. The lowest BCUT2D eigenvalue weighted by Gasteiger charge is -2.06. The molecule has 1 aromatic carbocycles. The van der Waals surface area contributed by atoms with Crippen LogP contribution in [0.15, 0.2) is 24.5 Å². The van der Waals surface area contributed by atoms with Crippen molar-refractivity contribution >= 4 is 5.69 Å². The summed E-state index contributed by atoms with van der Waals surface area (Å²) in [6.07, 6.45) is 4.29. The van der Waals surface area contributed by atoms with Gasteiger partial charge in [0.2, 0.25) is 5.82 Å². The van der Waals surface area contributed by atoms with Crippen LogP contribution in [0.4, 0.5) is 14.5 Å². The summed E-state index contributed by atoms with van der Waals surface area (Å²) < 4.78 is 28.4. The molecule has 0 amide bonds. The Balaban J connectivity index is 1.93. The van der Waals surface area contributed by atoms with Crippen molar-refractivity contribution < 1.29 is 13.7 Å². The van der Waals surface area contributed by atoms with Gasteiger partial charge < -0.3 is 5.32 Å². The first-order valence-corrected chi connectivity index (χ1v) is 6.28. The van der Waals surface area contributed by atoms with E-state index in [9.17, 15) is 18.9 Å². The number of halogens is 2. The van der Waals surface area contributed by atoms with Gasteiger partial charge in [0.05, 0.1) is 11.1 Å². The van der Waals surface area contributed by atoms with Gasteiger partial charge in [0.1, 0.15) is 5.82 Å². The highest BCUT2D eigenvalue weighted by molar-refractivity contribution is 5.37. The van der Waals surface area contributed by atoms with Crippen LogP contribution in [0.5, 0.6) is 0 Å². The summed E-state index contributed by atoms with van der Waals surface area (Å²) in [5.41, 5.74) is 0.366. The monoisotopic (exact) mass is 296 g/mol. The van der Waals surface area contributed by atoms with Crippen LogP contribution in [-0.4, -0.2) is 21.2 Å². The Morgan fingerprint density at radius 3 is 2.76 bits per heavy atom. The Kier molecular flexibility index (Phi) is 4.59. The van der Waals surface area contributed by atoms with E-state index in [0.717, 1.165) is 11.6 Å². The topological polar surface area (TPSA) is 73.0 Å². The van der Waals surface area contributed by atoms with Gasteiger partial charge in [-0.25, -0.2) is 4.39 Å². The number of rotatable bonds is 6.